The van der Waals surface area contributed by atoms with Crippen LogP contribution < -0.4 is 19.5 Å². The van der Waals surface area contributed by atoms with E-state index in [1.54, 1.807) is 32.2 Å². The van der Waals surface area contributed by atoms with Crippen LogP contribution in [0.3, 0.4) is 0 Å². The van der Waals surface area contributed by atoms with Crippen molar-refractivity contribution in [3.05, 3.63) is 29.5 Å². The maximum Gasteiger partial charge on any atom is 0.262 e. The van der Waals surface area contributed by atoms with Crippen molar-refractivity contribution in [2.75, 3.05) is 26.1 Å². The monoisotopic (exact) mass is 306 g/mol. The summed E-state index contributed by atoms with van der Waals surface area (Å²) in [5.41, 5.74) is 1.48. The zero-order valence-electron chi connectivity index (χ0n) is 12.9. The zero-order valence-corrected chi connectivity index (χ0v) is 12.9. The molecule has 0 atom stereocenters. The first-order valence-electron chi connectivity index (χ1n) is 6.62. The second kappa shape index (κ2) is 6.84. The Morgan fingerprint density at radius 1 is 1.18 bits per heavy atom. The number of carbonyl (C=O) groups is 1. The Hall–Kier alpha value is -2.70. The SMILES string of the molecule is COc1cc(C)c(NC(=O)COc2cc(C)on2)cc1OC. The van der Waals surface area contributed by atoms with E-state index in [4.69, 9.17) is 18.7 Å². The number of carbonyl (C=O) groups excluding carboxylic acids is 1. The van der Waals surface area contributed by atoms with E-state index in [1.165, 1.54) is 7.11 Å². The minimum Gasteiger partial charge on any atom is -0.493 e. The molecule has 0 spiro atoms. The summed E-state index contributed by atoms with van der Waals surface area (Å²) in [6.45, 7) is 3.44. The molecule has 0 aliphatic carbocycles. The minimum absolute atomic E-state index is 0.167. The number of anilines is 1. The first-order chi connectivity index (χ1) is 10.5. The molecule has 1 aromatic heterocycles. The third-order valence-corrected chi connectivity index (χ3v) is 2.96. The van der Waals surface area contributed by atoms with E-state index < -0.39 is 0 Å². The van der Waals surface area contributed by atoms with Gasteiger partial charge in [-0.05, 0) is 30.6 Å². The van der Waals surface area contributed by atoms with Crippen LogP contribution >= 0.6 is 0 Å². The average Bonchev–Trinajstić information content (AvgIpc) is 2.92. The number of methoxy groups -OCH3 is 2. The van der Waals surface area contributed by atoms with Crippen molar-refractivity contribution in [2.24, 2.45) is 0 Å². The Morgan fingerprint density at radius 3 is 2.45 bits per heavy atom. The molecule has 1 aromatic carbocycles. The summed E-state index contributed by atoms with van der Waals surface area (Å²) in [6.07, 6.45) is 0. The van der Waals surface area contributed by atoms with E-state index in [2.05, 4.69) is 10.5 Å². The topological polar surface area (TPSA) is 82.8 Å². The third-order valence-electron chi connectivity index (χ3n) is 2.96. The summed E-state index contributed by atoms with van der Waals surface area (Å²) in [5.74, 6) is 1.72. The first kappa shape index (κ1) is 15.7. The average molecular weight is 306 g/mol. The fourth-order valence-electron chi connectivity index (χ4n) is 1.85. The van der Waals surface area contributed by atoms with Crippen LogP contribution in [0.25, 0.3) is 0 Å². The second-order valence-corrected chi connectivity index (χ2v) is 4.63. The van der Waals surface area contributed by atoms with Crippen LogP contribution in [0, 0.1) is 13.8 Å². The molecule has 0 radical (unpaired) electrons. The van der Waals surface area contributed by atoms with Gasteiger partial charge in [-0.2, -0.15) is 0 Å². The van der Waals surface area contributed by atoms with Crippen molar-refractivity contribution in [3.63, 3.8) is 0 Å². The van der Waals surface area contributed by atoms with Gasteiger partial charge < -0.3 is 24.1 Å². The van der Waals surface area contributed by atoms with E-state index in [9.17, 15) is 4.79 Å². The van der Waals surface area contributed by atoms with Crippen LogP contribution in [0.2, 0.25) is 0 Å². The molecule has 0 saturated heterocycles. The van der Waals surface area contributed by atoms with Gasteiger partial charge in [0.25, 0.3) is 11.8 Å². The Labute approximate surface area is 128 Å². The molecule has 22 heavy (non-hydrogen) atoms. The molecule has 0 saturated carbocycles. The van der Waals surface area contributed by atoms with Gasteiger partial charge in [0, 0.05) is 17.8 Å². The van der Waals surface area contributed by atoms with E-state index in [0.717, 1.165) is 5.56 Å². The van der Waals surface area contributed by atoms with Gasteiger partial charge in [-0.25, -0.2) is 0 Å². The molecule has 1 heterocycles. The maximum atomic E-state index is 11.9. The van der Waals surface area contributed by atoms with Gasteiger partial charge in [-0.1, -0.05) is 0 Å². The van der Waals surface area contributed by atoms with Crippen molar-refractivity contribution in [3.8, 4) is 17.4 Å². The van der Waals surface area contributed by atoms with Gasteiger partial charge in [-0.15, -0.1) is 0 Å². The van der Waals surface area contributed by atoms with E-state index >= 15 is 0 Å². The van der Waals surface area contributed by atoms with E-state index in [0.29, 0.717) is 22.9 Å². The molecule has 0 unspecified atom stereocenters. The largest absolute Gasteiger partial charge is 0.493 e. The minimum atomic E-state index is -0.309. The molecule has 118 valence electrons. The molecule has 2 aromatic rings. The van der Waals surface area contributed by atoms with E-state index in [-0.39, 0.29) is 18.4 Å². The van der Waals surface area contributed by atoms with Gasteiger partial charge in [-0.3, -0.25) is 4.79 Å². The molecular formula is C15H18N2O5. The summed E-state index contributed by atoms with van der Waals surface area (Å²) in [5, 5.41) is 6.40. The number of nitrogens with zero attached hydrogens (tertiary/aromatic N) is 1. The predicted octanol–water partition coefficient (Wildman–Crippen LogP) is 2.33. The Morgan fingerprint density at radius 2 is 1.86 bits per heavy atom. The van der Waals surface area contributed by atoms with Gasteiger partial charge in [0.2, 0.25) is 0 Å². The smallest absolute Gasteiger partial charge is 0.262 e. The molecule has 2 rings (SSSR count). The van der Waals surface area contributed by atoms with E-state index in [1.807, 2.05) is 6.92 Å². The molecule has 7 nitrogen and oxygen atoms in total. The van der Waals surface area contributed by atoms with Gasteiger partial charge in [0.1, 0.15) is 5.76 Å². The van der Waals surface area contributed by atoms with Gasteiger partial charge in [0.15, 0.2) is 18.1 Å². The highest BCUT2D eigenvalue weighted by Crippen LogP contribution is 2.32. The number of aromatic nitrogens is 1. The fourth-order valence-corrected chi connectivity index (χ4v) is 1.85. The van der Waals surface area contributed by atoms with Crippen LogP contribution in [-0.4, -0.2) is 31.9 Å². The fraction of sp³-hybridized carbons (Fsp3) is 0.333. The quantitative estimate of drug-likeness (QED) is 0.882. The normalized spacial score (nSPS) is 10.2. The Bertz CT molecular complexity index is 666. The molecule has 0 fully saturated rings. The molecule has 0 aliphatic heterocycles. The zero-order chi connectivity index (χ0) is 16.1. The van der Waals surface area contributed by atoms with Crippen LogP contribution in [0.5, 0.6) is 17.4 Å². The highest BCUT2D eigenvalue weighted by atomic mass is 16.5. The second-order valence-electron chi connectivity index (χ2n) is 4.63. The number of nitrogens with one attached hydrogen (secondary N) is 1. The lowest BCUT2D eigenvalue weighted by Gasteiger charge is -2.13. The number of aryl methyl sites for hydroxylation is 2. The standard InChI is InChI=1S/C15H18N2O5/c1-9-5-12(19-3)13(20-4)7-11(9)16-14(18)8-21-15-6-10(2)22-17-15/h5-7H,8H2,1-4H3,(H,16,18). The van der Waals surface area contributed by atoms with Crippen molar-refractivity contribution >= 4 is 11.6 Å². The molecule has 0 bridgehead atoms. The molecule has 0 aliphatic rings. The summed E-state index contributed by atoms with van der Waals surface area (Å²) in [7, 11) is 3.10. The summed E-state index contributed by atoms with van der Waals surface area (Å²) in [6, 6.07) is 5.09. The third kappa shape index (κ3) is 3.69. The predicted molar refractivity (Wildman–Crippen MR) is 79.6 cm³/mol. The van der Waals surface area contributed by atoms with Crippen molar-refractivity contribution in [2.45, 2.75) is 13.8 Å². The lowest BCUT2D eigenvalue weighted by molar-refractivity contribution is -0.118. The van der Waals surface area contributed by atoms with Gasteiger partial charge in [0.05, 0.1) is 14.2 Å². The number of rotatable bonds is 6. The lowest BCUT2D eigenvalue weighted by Crippen LogP contribution is -2.20. The van der Waals surface area contributed by atoms with Crippen LogP contribution in [0.15, 0.2) is 22.7 Å². The number of benzene rings is 1. The maximum absolute atomic E-state index is 11.9. The molecular weight excluding hydrogens is 288 g/mol. The highest BCUT2D eigenvalue weighted by molar-refractivity contribution is 5.93. The lowest BCUT2D eigenvalue weighted by atomic mass is 10.1. The van der Waals surface area contributed by atoms with Crippen LogP contribution in [0.4, 0.5) is 5.69 Å². The van der Waals surface area contributed by atoms with Crippen molar-refractivity contribution < 1.29 is 23.5 Å². The molecule has 1 N–H and O–H groups in total. The number of amides is 1. The number of hydrogen-bond donors (Lipinski definition) is 1. The molecule has 1 amide bonds. The molecule has 7 heteroatoms. The highest BCUT2D eigenvalue weighted by Gasteiger charge is 2.12. The number of hydrogen-bond acceptors (Lipinski definition) is 6. The van der Waals surface area contributed by atoms with Crippen LogP contribution in [0.1, 0.15) is 11.3 Å². The Balaban J connectivity index is 2.01. The summed E-state index contributed by atoms with van der Waals surface area (Å²) in [4.78, 5) is 11.9. The van der Waals surface area contributed by atoms with Crippen molar-refractivity contribution in [1.82, 2.24) is 5.16 Å². The van der Waals surface area contributed by atoms with Crippen LogP contribution in [-0.2, 0) is 4.79 Å². The van der Waals surface area contributed by atoms with Crippen molar-refractivity contribution in [1.29, 1.82) is 0 Å². The number of ether oxygens (including phenoxy) is 3. The van der Waals surface area contributed by atoms with Gasteiger partial charge >= 0.3 is 0 Å². The summed E-state index contributed by atoms with van der Waals surface area (Å²) >= 11 is 0. The first-order valence-corrected chi connectivity index (χ1v) is 6.62. The summed E-state index contributed by atoms with van der Waals surface area (Å²) < 4.78 is 20.5. The Kier molecular flexibility index (Phi) is 4.88.